The molecule has 146 valence electrons. The molecule has 0 aromatic carbocycles. The minimum absolute atomic E-state index is 0.0650. The minimum Gasteiger partial charge on any atom is -0.469 e. The van der Waals surface area contributed by atoms with E-state index in [-0.39, 0.29) is 6.42 Å². The minimum atomic E-state index is -5.51. The summed E-state index contributed by atoms with van der Waals surface area (Å²) < 4.78 is 83.5. The first-order valence-electron chi connectivity index (χ1n) is 6.96. The van der Waals surface area contributed by atoms with Crippen LogP contribution in [-0.2, 0) is 23.9 Å². The van der Waals surface area contributed by atoms with E-state index in [0.29, 0.717) is 0 Å². The lowest BCUT2D eigenvalue weighted by molar-refractivity contribution is -0.227. The number of hydrogen-bond acceptors (Lipinski definition) is 5. The van der Waals surface area contributed by atoms with Crippen molar-refractivity contribution in [3.8, 4) is 0 Å². The Morgan fingerprint density at radius 3 is 1.92 bits per heavy atom. The SMILES string of the molecule is CC[C@@H](C)[C@](CCC(=O)OC)(NC(=O)C(F)(F)F)OC(=O)C(F)(F)F. The summed E-state index contributed by atoms with van der Waals surface area (Å²) in [6.45, 7) is 2.55. The Hall–Kier alpha value is -2.01. The van der Waals surface area contributed by atoms with Crippen LogP contribution in [0.1, 0.15) is 33.1 Å². The van der Waals surface area contributed by atoms with Gasteiger partial charge in [0.1, 0.15) is 0 Å². The van der Waals surface area contributed by atoms with Crippen LogP contribution in [0, 0.1) is 5.92 Å². The third-order valence-electron chi connectivity index (χ3n) is 3.43. The van der Waals surface area contributed by atoms with Crippen LogP contribution in [0.3, 0.4) is 0 Å². The van der Waals surface area contributed by atoms with Crippen LogP contribution in [0.2, 0.25) is 0 Å². The van der Waals surface area contributed by atoms with Crippen molar-refractivity contribution in [1.29, 1.82) is 0 Å². The third-order valence-corrected chi connectivity index (χ3v) is 3.43. The van der Waals surface area contributed by atoms with Crippen LogP contribution >= 0.6 is 0 Å². The Morgan fingerprint density at radius 2 is 1.56 bits per heavy atom. The normalized spacial score (nSPS) is 15.7. The van der Waals surface area contributed by atoms with Gasteiger partial charge in [-0.25, -0.2) is 4.79 Å². The zero-order chi connectivity index (χ0) is 20.1. The maximum absolute atomic E-state index is 12.5. The second kappa shape index (κ2) is 8.39. The summed E-state index contributed by atoms with van der Waals surface area (Å²) >= 11 is 0. The molecule has 12 heteroatoms. The molecule has 0 aromatic heterocycles. The fourth-order valence-electron chi connectivity index (χ4n) is 1.82. The smallest absolute Gasteiger partial charge is 0.469 e. The maximum Gasteiger partial charge on any atom is 0.491 e. The van der Waals surface area contributed by atoms with Crippen molar-refractivity contribution in [1.82, 2.24) is 5.32 Å². The van der Waals surface area contributed by atoms with Crippen LogP contribution in [0.4, 0.5) is 26.3 Å². The molecular formula is C13H17F6NO5. The van der Waals surface area contributed by atoms with Gasteiger partial charge in [-0.3, -0.25) is 9.59 Å². The Balaban J connectivity index is 5.83. The van der Waals surface area contributed by atoms with Crippen LogP contribution in [-0.4, -0.2) is 43.0 Å². The number of rotatable bonds is 7. The van der Waals surface area contributed by atoms with Crippen LogP contribution < -0.4 is 5.32 Å². The molecule has 0 aliphatic heterocycles. The van der Waals surface area contributed by atoms with Crippen molar-refractivity contribution in [2.24, 2.45) is 5.92 Å². The lowest BCUT2D eigenvalue weighted by Gasteiger charge is -2.39. The average Bonchev–Trinajstić information content (AvgIpc) is 2.49. The number of carbonyl (C=O) groups excluding carboxylic acids is 3. The van der Waals surface area contributed by atoms with Crippen molar-refractivity contribution in [3.05, 3.63) is 0 Å². The summed E-state index contributed by atoms with van der Waals surface area (Å²) in [6, 6.07) is 0. The van der Waals surface area contributed by atoms with E-state index >= 15 is 0 Å². The molecule has 0 aliphatic carbocycles. The van der Waals surface area contributed by atoms with Gasteiger partial charge in [0, 0.05) is 12.3 Å². The molecule has 0 rings (SSSR count). The van der Waals surface area contributed by atoms with E-state index in [1.165, 1.54) is 12.2 Å². The van der Waals surface area contributed by atoms with E-state index in [2.05, 4.69) is 9.47 Å². The summed E-state index contributed by atoms with van der Waals surface area (Å²) in [5.41, 5.74) is -2.69. The lowest BCUT2D eigenvalue weighted by Crippen LogP contribution is -2.60. The van der Waals surface area contributed by atoms with E-state index in [1.807, 2.05) is 0 Å². The number of halogens is 6. The molecule has 0 unspecified atom stereocenters. The van der Waals surface area contributed by atoms with E-state index in [1.54, 1.807) is 0 Å². The van der Waals surface area contributed by atoms with Crippen molar-refractivity contribution in [2.75, 3.05) is 7.11 Å². The summed E-state index contributed by atoms with van der Waals surface area (Å²) in [6.07, 6.45) is -12.5. The molecule has 1 N–H and O–H groups in total. The molecule has 0 aromatic rings. The van der Waals surface area contributed by atoms with Crippen molar-refractivity contribution >= 4 is 17.8 Å². The monoisotopic (exact) mass is 381 g/mol. The molecule has 0 spiro atoms. The molecule has 25 heavy (non-hydrogen) atoms. The molecule has 6 nitrogen and oxygen atoms in total. The Morgan fingerprint density at radius 1 is 1.04 bits per heavy atom. The largest absolute Gasteiger partial charge is 0.491 e. The molecule has 0 heterocycles. The maximum atomic E-state index is 12.5. The number of esters is 2. The highest BCUT2D eigenvalue weighted by atomic mass is 19.4. The van der Waals surface area contributed by atoms with Gasteiger partial charge in [-0.05, 0) is 6.42 Å². The first-order chi connectivity index (χ1) is 11.2. The van der Waals surface area contributed by atoms with Gasteiger partial charge in [0.05, 0.1) is 13.5 Å². The Kier molecular flexibility index (Phi) is 7.71. The Labute approximate surface area is 138 Å². The highest BCUT2D eigenvalue weighted by Crippen LogP contribution is 2.32. The number of alkyl halides is 6. The van der Waals surface area contributed by atoms with Gasteiger partial charge in [-0.2, -0.15) is 26.3 Å². The second-order valence-corrected chi connectivity index (χ2v) is 5.11. The van der Waals surface area contributed by atoms with Crippen molar-refractivity contribution in [2.45, 2.75) is 51.2 Å². The number of amides is 1. The number of hydrogen-bond donors (Lipinski definition) is 1. The molecule has 2 atom stereocenters. The van der Waals surface area contributed by atoms with E-state index in [4.69, 9.17) is 0 Å². The zero-order valence-electron chi connectivity index (χ0n) is 13.5. The molecule has 0 saturated carbocycles. The van der Waals surface area contributed by atoms with Crippen LogP contribution in [0.15, 0.2) is 0 Å². The highest BCUT2D eigenvalue weighted by molar-refractivity contribution is 5.83. The standard InChI is InChI=1S/C13H17F6NO5/c1-4-7(2)11(6-5-8(21)24-3,20-9(22)12(14,15)16)25-10(23)13(17,18)19/h7H,4-6H2,1-3H3,(H,20,22)/t7-,11-/m1/s1. The summed E-state index contributed by atoms with van der Waals surface area (Å²) in [5, 5.41) is 1.29. The molecule has 0 bridgehead atoms. The van der Waals surface area contributed by atoms with Crippen molar-refractivity contribution < 1.29 is 50.2 Å². The quantitative estimate of drug-likeness (QED) is 0.416. The summed E-state index contributed by atoms with van der Waals surface area (Å²) in [4.78, 5) is 33.6. The second-order valence-electron chi connectivity index (χ2n) is 5.11. The van der Waals surface area contributed by atoms with Gasteiger partial charge in [0.25, 0.3) is 0 Å². The number of nitrogens with one attached hydrogen (secondary N) is 1. The summed E-state index contributed by atoms with van der Waals surface area (Å²) in [5.74, 6) is -7.54. The van der Waals surface area contributed by atoms with Crippen molar-refractivity contribution in [3.63, 3.8) is 0 Å². The lowest BCUT2D eigenvalue weighted by atomic mass is 9.90. The fraction of sp³-hybridized carbons (Fsp3) is 0.769. The predicted octanol–water partition coefficient (Wildman–Crippen LogP) is 2.47. The van der Waals surface area contributed by atoms with E-state index in [0.717, 1.165) is 14.0 Å². The third kappa shape index (κ3) is 6.78. The Bertz CT molecular complexity index is 474. The number of carbonyl (C=O) groups is 3. The van der Waals surface area contributed by atoms with Crippen LogP contribution in [0.25, 0.3) is 0 Å². The average molecular weight is 381 g/mol. The van der Waals surface area contributed by atoms with Gasteiger partial charge >= 0.3 is 30.2 Å². The molecule has 0 radical (unpaired) electrons. The van der Waals surface area contributed by atoms with Gasteiger partial charge in [0.15, 0.2) is 5.72 Å². The van der Waals surface area contributed by atoms with E-state index in [9.17, 15) is 40.7 Å². The fourth-order valence-corrected chi connectivity index (χ4v) is 1.82. The molecule has 1 amide bonds. The van der Waals surface area contributed by atoms with Gasteiger partial charge in [-0.15, -0.1) is 0 Å². The van der Waals surface area contributed by atoms with Gasteiger partial charge in [0.2, 0.25) is 0 Å². The first-order valence-corrected chi connectivity index (χ1v) is 6.96. The molecule has 0 fully saturated rings. The van der Waals surface area contributed by atoms with E-state index < -0.39 is 54.7 Å². The molecule has 0 saturated heterocycles. The summed E-state index contributed by atoms with van der Waals surface area (Å²) in [7, 11) is 0.948. The number of ether oxygens (including phenoxy) is 2. The van der Waals surface area contributed by atoms with Gasteiger partial charge in [-0.1, -0.05) is 13.8 Å². The number of methoxy groups -OCH3 is 1. The molecular weight excluding hydrogens is 364 g/mol. The first kappa shape index (κ1) is 23.0. The van der Waals surface area contributed by atoms with Crippen LogP contribution in [0.5, 0.6) is 0 Å². The zero-order valence-corrected chi connectivity index (χ0v) is 13.5. The van der Waals surface area contributed by atoms with Gasteiger partial charge < -0.3 is 14.8 Å². The predicted molar refractivity (Wildman–Crippen MR) is 69.8 cm³/mol. The topological polar surface area (TPSA) is 81.7 Å². The molecule has 0 aliphatic rings. The highest BCUT2D eigenvalue weighted by Gasteiger charge is 2.52.